The van der Waals surface area contributed by atoms with Gasteiger partial charge in [0.05, 0.1) is 7.11 Å². The number of aromatic nitrogens is 2. The van der Waals surface area contributed by atoms with Crippen LogP contribution in [-0.2, 0) is 25.6 Å². The molecule has 82 valence electrons. The largest absolute Gasteiger partial charge is 0.466 e. The number of ether oxygens (including phenoxy) is 2. The van der Waals surface area contributed by atoms with Gasteiger partial charge in [-0.05, 0) is 6.07 Å². The van der Waals surface area contributed by atoms with Crippen LogP contribution in [0.5, 0.6) is 0 Å². The fourth-order valence-corrected chi connectivity index (χ4v) is 0.842. The number of nitrogen functional groups attached to an aromatic ring is 1. The molecule has 1 aromatic rings. The Bertz CT molecular complexity index is 361. The molecule has 0 unspecified atom stereocenters. The molecular formula is C8H11N3O4. The summed E-state index contributed by atoms with van der Waals surface area (Å²) in [5, 5.41) is 3.78. The maximum absolute atomic E-state index is 11.1. The van der Waals surface area contributed by atoms with Gasteiger partial charge in [-0.1, -0.05) is 0 Å². The zero-order valence-electron chi connectivity index (χ0n) is 8.17. The topological polar surface area (TPSA) is 96.4 Å². The van der Waals surface area contributed by atoms with E-state index < -0.39 is 18.5 Å². The summed E-state index contributed by atoms with van der Waals surface area (Å²) >= 11 is 0. The highest BCUT2D eigenvalue weighted by Gasteiger charge is 2.08. The number of hydrogen-bond acceptors (Lipinski definition) is 6. The molecule has 2 N–H and O–H groups in total. The minimum atomic E-state index is -0.608. The maximum atomic E-state index is 11.1. The van der Waals surface area contributed by atoms with Crippen molar-refractivity contribution in [1.29, 1.82) is 0 Å². The van der Waals surface area contributed by atoms with E-state index in [1.165, 1.54) is 18.0 Å². The van der Waals surface area contributed by atoms with E-state index >= 15 is 0 Å². The van der Waals surface area contributed by atoms with Crippen molar-refractivity contribution in [3.8, 4) is 0 Å². The first-order valence-corrected chi connectivity index (χ1v) is 4.13. The molecule has 1 heterocycles. The standard InChI is InChI=1S/C8H11N3O4/c1-14-8(13)5-15-7(12)4-11-3-2-6(9)10-11/h2-3H,4-5H2,1H3,(H2,9,10). The van der Waals surface area contributed by atoms with E-state index in [1.54, 1.807) is 6.07 Å². The van der Waals surface area contributed by atoms with Gasteiger partial charge in [-0.3, -0.25) is 9.48 Å². The van der Waals surface area contributed by atoms with Crippen LogP contribution in [0.25, 0.3) is 0 Å². The summed E-state index contributed by atoms with van der Waals surface area (Å²) in [5.74, 6) is -0.873. The van der Waals surface area contributed by atoms with Gasteiger partial charge < -0.3 is 15.2 Å². The summed E-state index contributed by atoms with van der Waals surface area (Å²) in [6.07, 6.45) is 1.54. The third-order valence-electron chi connectivity index (χ3n) is 1.53. The van der Waals surface area contributed by atoms with Crippen molar-refractivity contribution in [3.05, 3.63) is 12.3 Å². The van der Waals surface area contributed by atoms with E-state index in [0.717, 1.165) is 0 Å². The Morgan fingerprint density at radius 2 is 2.27 bits per heavy atom. The van der Waals surface area contributed by atoms with Gasteiger partial charge in [0, 0.05) is 6.20 Å². The predicted molar refractivity (Wildman–Crippen MR) is 49.6 cm³/mol. The van der Waals surface area contributed by atoms with Gasteiger partial charge in [0.1, 0.15) is 12.4 Å². The van der Waals surface area contributed by atoms with Gasteiger partial charge in [-0.25, -0.2) is 4.79 Å². The van der Waals surface area contributed by atoms with Crippen molar-refractivity contribution in [2.75, 3.05) is 19.5 Å². The number of carbonyl (C=O) groups excluding carboxylic acids is 2. The molecule has 1 rings (SSSR count). The monoisotopic (exact) mass is 213 g/mol. The zero-order valence-corrected chi connectivity index (χ0v) is 8.17. The summed E-state index contributed by atoms with van der Waals surface area (Å²) in [5.41, 5.74) is 5.34. The van der Waals surface area contributed by atoms with E-state index in [-0.39, 0.29) is 6.54 Å². The molecule has 0 spiro atoms. The van der Waals surface area contributed by atoms with Crippen LogP contribution >= 0.6 is 0 Å². The Balaban J connectivity index is 2.33. The first-order valence-electron chi connectivity index (χ1n) is 4.13. The predicted octanol–water partition coefficient (Wildman–Crippen LogP) is -0.819. The highest BCUT2D eigenvalue weighted by atomic mass is 16.6. The summed E-state index contributed by atoms with van der Waals surface area (Å²) in [7, 11) is 1.21. The smallest absolute Gasteiger partial charge is 0.344 e. The van der Waals surface area contributed by atoms with Crippen molar-refractivity contribution < 1.29 is 19.1 Å². The highest BCUT2D eigenvalue weighted by Crippen LogP contribution is 1.96. The SMILES string of the molecule is COC(=O)COC(=O)Cn1ccc(N)n1. The fraction of sp³-hybridized carbons (Fsp3) is 0.375. The van der Waals surface area contributed by atoms with Gasteiger partial charge >= 0.3 is 11.9 Å². The van der Waals surface area contributed by atoms with E-state index in [9.17, 15) is 9.59 Å². The van der Waals surface area contributed by atoms with Gasteiger partial charge in [-0.15, -0.1) is 0 Å². The van der Waals surface area contributed by atoms with Crippen molar-refractivity contribution >= 4 is 17.8 Å². The minimum absolute atomic E-state index is 0.0891. The molecule has 0 bridgehead atoms. The summed E-state index contributed by atoms with van der Waals surface area (Å²) in [4.78, 5) is 21.7. The average Bonchev–Trinajstić information content (AvgIpc) is 2.60. The molecule has 0 aliphatic heterocycles. The number of hydrogen-bond donors (Lipinski definition) is 1. The molecule has 0 saturated heterocycles. The number of methoxy groups -OCH3 is 1. The van der Waals surface area contributed by atoms with Crippen LogP contribution in [0.3, 0.4) is 0 Å². The van der Waals surface area contributed by atoms with Crippen molar-refractivity contribution in [2.45, 2.75) is 6.54 Å². The van der Waals surface area contributed by atoms with Gasteiger partial charge in [0.2, 0.25) is 0 Å². The number of rotatable bonds is 4. The summed E-state index contributed by atoms with van der Waals surface area (Å²) in [6.45, 7) is -0.486. The van der Waals surface area contributed by atoms with Crippen molar-refractivity contribution in [3.63, 3.8) is 0 Å². The average molecular weight is 213 g/mol. The lowest BCUT2D eigenvalue weighted by Gasteiger charge is -2.03. The first kappa shape index (κ1) is 11.0. The minimum Gasteiger partial charge on any atom is -0.466 e. The Morgan fingerprint density at radius 3 is 2.80 bits per heavy atom. The maximum Gasteiger partial charge on any atom is 0.344 e. The second-order valence-electron chi connectivity index (χ2n) is 2.67. The van der Waals surface area contributed by atoms with Crippen LogP contribution in [0.15, 0.2) is 12.3 Å². The van der Waals surface area contributed by atoms with E-state index in [1.807, 2.05) is 0 Å². The van der Waals surface area contributed by atoms with Gasteiger partial charge in [0.25, 0.3) is 0 Å². The van der Waals surface area contributed by atoms with Gasteiger partial charge in [0.15, 0.2) is 6.61 Å². The van der Waals surface area contributed by atoms with Crippen LogP contribution in [0.1, 0.15) is 0 Å². The Hall–Kier alpha value is -2.05. The van der Waals surface area contributed by atoms with Crippen LogP contribution in [0.2, 0.25) is 0 Å². The molecular weight excluding hydrogens is 202 g/mol. The molecule has 0 atom stereocenters. The number of anilines is 1. The van der Waals surface area contributed by atoms with E-state index in [4.69, 9.17) is 5.73 Å². The molecule has 0 amide bonds. The zero-order chi connectivity index (χ0) is 11.3. The quantitative estimate of drug-likeness (QED) is 0.656. The van der Waals surface area contributed by atoms with Crippen LogP contribution < -0.4 is 5.73 Å². The Morgan fingerprint density at radius 1 is 1.53 bits per heavy atom. The number of esters is 2. The lowest BCUT2D eigenvalue weighted by Crippen LogP contribution is -2.19. The third kappa shape index (κ3) is 3.67. The molecule has 0 aliphatic carbocycles. The van der Waals surface area contributed by atoms with Gasteiger partial charge in [-0.2, -0.15) is 5.10 Å². The molecule has 15 heavy (non-hydrogen) atoms. The highest BCUT2D eigenvalue weighted by molar-refractivity contribution is 5.76. The lowest BCUT2D eigenvalue weighted by molar-refractivity contribution is -0.157. The fourth-order valence-electron chi connectivity index (χ4n) is 0.842. The van der Waals surface area contributed by atoms with E-state index in [2.05, 4.69) is 14.6 Å². The van der Waals surface area contributed by atoms with Crippen LogP contribution in [0.4, 0.5) is 5.82 Å². The number of nitrogens with two attached hydrogens (primary N) is 1. The molecule has 0 fully saturated rings. The second-order valence-corrected chi connectivity index (χ2v) is 2.67. The molecule has 0 aliphatic rings. The first-order chi connectivity index (χ1) is 7.11. The molecule has 1 aromatic heterocycles. The molecule has 7 nitrogen and oxygen atoms in total. The molecule has 0 saturated carbocycles. The normalized spacial score (nSPS) is 9.67. The number of nitrogens with zero attached hydrogens (tertiary/aromatic N) is 2. The summed E-state index contributed by atoms with van der Waals surface area (Å²) < 4.78 is 10.2. The molecule has 7 heteroatoms. The Kier molecular flexibility index (Phi) is 3.67. The van der Waals surface area contributed by atoms with Crippen LogP contribution in [-0.4, -0.2) is 35.4 Å². The van der Waals surface area contributed by atoms with Crippen LogP contribution in [0, 0.1) is 0 Å². The third-order valence-corrected chi connectivity index (χ3v) is 1.53. The molecule has 0 radical (unpaired) electrons. The second kappa shape index (κ2) is 4.99. The molecule has 0 aromatic carbocycles. The number of carbonyl (C=O) groups is 2. The van der Waals surface area contributed by atoms with E-state index in [0.29, 0.717) is 5.82 Å². The van der Waals surface area contributed by atoms with Crippen molar-refractivity contribution in [1.82, 2.24) is 9.78 Å². The lowest BCUT2D eigenvalue weighted by atomic mass is 10.6. The Labute approximate surface area is 85.8 Å². The van der Waals surface area contributed by atoms with Crippen molar-refractivity contribution in [2.24, 2.45) is 0 Å². The summed E-state index contributed by atoms with van der Waals surface area (Å²) in [6, 6.07) is 1.55.